The standard InChI is InChI=1S/C16H19NO2/c1-10(2)13-15(14(18)11(3)4)19-16(17-13)12-8-6-5-7-9-12/h5-11H,1-4H3. The van der Waals surface area contributed by atoms with Crippen LogP contribution in [0.5, 0.6) is 0 Å². The Balaban J connectivity index is 2.50. The Morgan fingerprint density at radius 1 is 1.11 bits per heavy atom. The van der Waals surface area contributed by atoms with Crippen LogP contribution in [0.1, 0.15) is 49.9 Å². The lowest BCUT2D eigenvalue weighted by molar-refractivity contribution is 0.0910. The Labute approximate surface area is 113 Å². The van der Waals surface area contributed by atoms with Crippen molar-refractivity contribution < 1.29 is 9.21 Å². The van der Waals surface area contributed by atoms with Crippen molar-refractivity contribution in [1.29, 1.82) is 0 Å². The molecular formula is C16H19NO2. The second-order valence-electron chi connectivity index (χ2n) is 5.27. The molecule has 1 aromatic heterocycles. The summed E-state index contributed by atoms with van der Waals surface area (Å²) in [5, 5.41) is 0. The number of hydrogen-bond donors (Lipinski definition) is 0. The first-order chi connectivity index (χ1) is 9.00. The van der Waals surface area contributed by atoms with Gasteiger partial charge in [-0.15, -0.1) is 0 Å². The Morgan fingerprint density at radius 2 is 1.74 bits per heavy atom. The molecule has 3 nitrogen and oxygen atoms in total. The lowest BCUT2D eigenvalue weighted by Gasteiger charge is -2.04. The Morgan fingerprint density at radius 3 is 2.26 bits per heavy atom. The van der Waals surface area contributed by atoms with Crippen LogP contribution in [-0.4, -0.2) is 10.8 Å². The first-order valence-electron chi connectivity index (χ1n) is 6.61. The number of carbonyl (C=O) groups is 1. The molecule has 0 fully saturated rings. The summed E-state index contributed by atoms with van der Waals surface area (Å²) in [5.74, 6) is 1.02. The second kappa shape index (κ2) is 5.39. The van der Waals surface area contributed by atoms with Gasteiger partial charge >= 0.3 is 0 Å². The maximum atomic E-state index is 12.2. The zero-order valence-corrected chi connectivity index (χ0v) is 11.8. The first-order valence-corrected chi connectivity index (χ1v) is 6.61. The van der Waals surface area contributed by atoms with E-state index in [1.807, 2.05) is 58.0 Å². The fraction of sp³-hybridized carbons (Fsp3) is 0.375. The summed E-state index contributed by atoms with van der Waals surface area (Å²) in [7, 11) is 0. The molecule has 1 heterocycles. The van der Waals surface area contributed by atoms with E-state index in [0.29, 0.717) is 11.7 Å². The zero-order chi connectivity index (χ0) is 14.0. The van der Waals surface area contributed by atoms with E-state index < -0.39 is 0 Å². The summed E-state index contributed by atoms with van der Waals surface area (Å²) in [4.78, 5) is 16.7. The molecule has 1 aromatic carbocycles. The third-order valence-electron chi connectivity index (χ3n) is 2.97. The Kier molecular flexibility index (Phi) is 3.84. The van der Waals surface area contributed by atoms with E-state index in [-0.39, 0.29) is 17.6 Å². The van der Waals surface area contributed by atoms with E-state index in [0.717, 1.165) is 11.3 Å². The van der Waals surface area contributed by atoms with Crippen LogP contribution in [0.15, 0.2) is 34.7 Å². The molecule has 0 radical (unpaired) electrons. The van der Waals surface area contributed by atoms with Crippen molar-refractivity contribution in [3.63, 3.8) is 0 Å². The van der Waals surface area contributed by atoms with Gasteiger partial charge in [-0.2, -0.15) is 0 Å². The molecule has 0 aliphatic rings. The maximum absolute atomic E-state index is 12.2. The minimum atomic E-state index is -0.0888. The van der Waals surface area contributed by atoms with Crippen LogP contribution in [0.2, 0.25) is 0 Å². The van der Waals surface area contributed by atoms with Crippen molar-refractivity contribution in [2.45, 2.75) is 33.6 Å². The van der Waals surface area contributed by atoms with Crippen LogP contribution in [0.4, 0.5) is 0 Å². The fourth-order valence-corrected chi connectivity index (χ4v) is 1.87. The first kappa shape index (κ1) is 13.5. The highest BCUT2D eigenvalue weighted by atomic mass is 16.4. The molecule has 3 heteroatoms. The molecule has 0 spiro atoms. The summed E-state index contributed by atoms with van der Waals surface area (Å²) < 4.78 is 5.72. The summed E-state index contributed by atoms with van der Waals surface area (Å²) in [6, 6.07) is 9.66. The molecule has 0 aliphatic carbocycles. The van der Waals surface area contributed by atoms with E-state index in [9.17, 15) is 4.79 Å². The average Bonchev–Trinajstić information content (AvgIpc) is 2.83. The highest BCUT2D eigenvalue weighted by Crippen LogP contribution is 2.28. The van der Waals surface area contributed by atoms with Crippen LogP contribution in [0.3, 0.4) is 0 Å². The summed E-state index contributed by atoms with van der Waals surface area (Å²) >= 11 is 0. The van der Waals surface area contributed by atoms with Gasteiger partial charge in [0.1, 0.15) is 0 Å². The number of rotatable bonds is 4. The SMILES string of the molecule is CC(C)C(=O)c1oc(-c2ccccc2)nc1C(C)C. The topological polar surface area (TPSA) is 43.1 Å². The summed E-state index contributed by atoms with van der Waals surface area (Å²) in [6.45, 7) is 7.78. The van der Waals surface area contributed by atoms with E-state index in [4.69, 9.17) is 4.42 Å². The fourth-order valence-electron chi connectivity index (χ4n) is 1.87. The Bertz CT molecular complexity index is 568. The second-order valence-corrected chi connectivity index (χ2v) is 5.27. The van der Waals surface area contributed by atoms with Gasteiger partial charge in [-0.3, -0.25) is 4.79 Å². The van der Waals surface area contributed by atoms with Crippen molar-refractivity contribution in [1.82, 2.24) is 4.98 Å². The van der Waals surface area contributed by atoms with Crippen LogP contribution in [0, 0.1) is 5.92 Å². The molecule has 0 atom stereocenters. The van der Waals surface area contributed by atoms with E-state index >= 15 is 0 Å². The molecule has 2 rings (SSSR count). The molecular weight excluding hydrogens is 238 g/mol. The normalized spacial score (nSPS) is 11.3. The van der Waals surface area contributed by atoms with Gasteiger partial charge in [-0.05, 0) is 18.1 Å². The minimum absolute atomic E-state index is 0.0124. The molecule has 0 N–H and O–H groups in total. The lowest BCUT2D eigenvalue weighted by Crippen LogP contribution is -2.09. The molecule has 0 saturated carbocycles. The number of aromatic nitrogens is 1. The van der Waals surface area contributed by atoms with Crippen LogP contribution in [-0.2, 0) is 0 Å². The van der Waals surface area contributed by atoms with Crippen molar-refractivity contribution in [3.8, 4) is 11.5 Å². The van der Waals surface area contributed by atoms with Crippen molar-refractivity contribution in [3.05, 3.63) is 41.8 Å². The number of carbonyl (C=O) groups excluding carboxylic acids is 1. The number of nitrogens with zero attached hydrogens (tertiary/aromatic N) is 1. The summed E-state index contributed by atoms with van der Waals surface area (Å²) in [6.07, 6.45) is 0. The van der Waals surface area contributed by atoms with Crippen molar-refractivity contribution in [2.24, 2.45) is 5.92 Å². The average molecular weight is 257 g/mol. The highest BCUT2D eigenvalue weighted by Gasteiger charge is 2.24. The largest absolute Gasteiger partial charge is 0.433 e. The lowest BCUT2D eigenvalue weighted by atomic mass is 10.0. The van der Waals surface area contributed by atoms with E-state index in [1.165, 1.54) is 0 Å². The van der Waals surface area contributed by atoms with Gasteiger partial charge in [0.05, 0.1) is 5.69 Å². The van der Waals surface area contributed by atoms with Crippen molar-refractivity contribution in [2.75, 3.05) is 0 Å². The summed E-state index contributed by atoms with van der Waals surface area (Å²) in [5.41, 5.74) is 1.64. The maximum Gasteiger partial charge on any atom is 0.227 e. The quantitative estimate of drug-likeness (QED) is 0.767. The Hall–Kier alpha value is -1.90. The molecule has 0 saturated heterocycles. The van der Waals surface area contributed by atoms with Gasteiger partial charge in [0.25, 0.3) is 0 Å². The molecule has 2 aromatic rings. The van der Waals surface area contributed by atoms with Crippen LogP contribution in [0.25, 0.3) is 11.5 Å². The monoisotopic (exact) mass is 257 g/mol. The van der Waals surface area contributed by atoms with E-state index in [2.05, 4.69) is 4.98 Å². The minimum Gasteiger partial charge on any atom is -0.433 e. The third kappa shape index (κ3) is 2.75. The number of Topliss-reactive ketones (excluding diaryl/α,β-unsaturated/α-hetero) is 1. The van der Waals surface area contributed by atoms with Crippen LogP contribution >= 0.6 is 0 Å². The molecule has 0 amide bonds. The smallest absolute Gasteiger partial charge is 0.227 e. The van der Waals surface area contributed by atoms with Crippen molar-refractivity contribution >= 4 is 5.78 Å². The number of benzene rings is 1. The zero-order valence-electron chi connectivity index (χ0n) is 11.8. The molecule has 0 aliphatic heterocycles. The molecule has 0 unspecified atom stereocenters. The number of oxazole rings is 1. The molecule has 19 heavy (non-hydrogen) atoms. The predicted molar refractivity (Wildman–Crippen MR) is 75.2 cm³/mol. The van der Waals surface area contributed by atoms with Gasteiger partial charge in [0, 0.05) is 11.5 Å². The highest BCUT2D eigenvalue weighted by molar-refractivity contribution is 5.96. The van der Waals surface area contributed by atoms with Gasteiger partial charge in [-0.25, -0.2) is 4.98 Å². The van der Waals surface area contributed by atoms with Gasteiger partial charge < -0.3 is 4.42 Å². The van der Waals surface area contributed by atoms with Gasteiger partial charge in [0.2, 0.25) is 11.7 Å². The molecule has 0 bridgehead atoms. The van der Waals surface area contributed by atoms with Gasteiger partial charge in [-0.1, -0.05) is 45.9 Å². The number of ketones is 1. The molecule has 100 valence electrons. The number of hydrogen-bond acceptors (Lipinski definition) is 3. The van der Waals surface area contributed by atoms with Gasteiger partial charge in [0.15, 0.2) is 5.76 Å². The van der Waals surface area contributed by atoms with Crippen LogP contribution < -0.4 is 0 Å². The predicted octanol–water partition coefficient (Wildman–Crippen LogP) is 4.30. The van der Waals surface area contributed by atoms with E-state index in [1.54, 1.807) is 0 Å². The third-order valence-corrected chi connectivity index (χ3v) is 2.97.